The zero-order valence-electron chi connectivity index (χ0n) is 14.2. The summed E-state index contributed by atoms with van der Waals surface area (Å²) in [5.74, 6) is 0.143. The van der Waals surface area contributed by atoms with Crippen LogP contribution in [0.4, 0.5) is 5.00 Å². The summed E-state index contributed by atoms with van der Waals surface area (Å²) in [4.78, 5) is 25.7. The zero-order chi connectivity index (χ0) is 18.0. The molecule has 1 N–H and O–H groups in total. The Hall–Kier alpha value is -1.94. The lowest BCUT2D eigenvalue weighted by atomic mass is 9.88. The standard InChI is InChI=1S/C15H19N5O3S2/c1-8-4-5-9-10(6-8)25-13(12(9)14(22)23-3)16-11(21)7-24-15-17-18-19-20(15)2/h8H,4-7H2,1-3H3,(H,16,21). The van der Waals surface area contributed by atoms with Crippen molar-refractivity contribution in [3.63, 3.8) is 0 Å². The van der Waals surface area contributed by atoms with Crippen LogP contribution < -0.4 is 5.32 Å². The first-order valence-corrected chi connectivity index (χ1v) is 9.67. The Kier molecular flexibility index (Phi) is 5.38. The highest BCUT2D eigenvalue weighted by molar-refractivity contribution is 7.99. The molecular formula is C15H19N5O3S2. The Morgan fingerprint density at radius 2 is 2.28 bits per heavy atom. The minimum Gasteiger partial charge on any atom is -0.465 e. The van der Waals surface area contributed by atoms with Crippen LogP contribution >= 0.6 is 23.1 Å². The molecular weight excluding hydrogens is 362 g/mol. The number of rotatable bonds is 5. The van der Waals surface area contributed by atoms with Gasteiger partial charge >= 0.3 is 5.97 Å². The number of methoxy groups -OCH3 is 1. The van der Waals surface area contributed by atoms with Gasteiger partial charge in [0.25, 0.3) is 0 Å². The number of thiophene rings is 1. The van der Waals surface area contributed by atoms with Crippen LogP contribution in [-0.2, 0) is 29.4 Å². The van der Waals surface area contributed by atoms with E-state index in [1.165, 1.54) is 39.8 Å². The van der Waals surface area contributed by atoms with Gasteiger partial charge in [-0.3, -0.25) is 4.79 Å². The number of esters is 1. The van der Waals surface area contributed by atoms with E-state index in [0.717, 1.165) is 24.8 Å². The second kappa shape index (κ2) is 7.52. The number of amides is 1. The Morgan fingerprint density at radius 1 is 1.48 bits per heavy atom. The Balaban J connectivity index is 1.76. The molecule has 0 aliphatic heterocycles. The molecule has 0 saturated carbocycles. The first-order valence-electron chi connectivity index (χ1n) is 7.87. The van der Waals surface area contributed by atoms with Crippen LogP contribution in [0.3, 0.4) is 0 Å². The number of fused-ring (bicyclic) bond motifs is 1. The van der Waals surface area contributed by atoms with Crippen molar-refractivity contribution >= 4 is 40.0 Å². The summed E-state index contributed by atoms with van der Waals surface area (Å²) >= 11 is 2.72. The number of anilines is 1. The average Bonchev–Trinajstić information content (AvgIpc) is 3.14. The highest BCUT2D eigenvalue weighted by atomic mass is 32.2. The van der Waals surface area contributed by atoms with E-state index in [9.17, 15) is 9.59 Å². The topological polar surface area (TPSA) is 99.0 Å². The predicted molar refractivity (Wildman–Crippen MR) is 95.0 cm³/mol. The SMILES string of the molecule is COC(=O)c1c(NC(=O)CSc2nnnn2C)sc2c1CCC(C)C2. The largest absolute Gasteiger partial charge is 0.465 e. The van der Waals surface area contributed by atoms with Crippen LogP contribution in [0.25, 0.3) is 0 Å². The van der Waals surface area contributed by atoms with Gasteiger partial charge in [-0.1, -0.05) is 18.7 Å². The first-order chi connectivity index (χ1) is 12.0. The highest BCUT2D eigenvalue weighted by Gasteiger charge is 2.28. The second-order valence-electron chi connectivity index (χ2n) is 5.97. The number of carbonyl (C=O) groups excluding carboxylic acids is 2. The quantitative estimate of drug-likeness (QED) is 0.624. The summed E-state index contributed by atoms with van der Waals surface area (Å²) < 4.78 is 6.43. The van der Waals surface area contributed by atoms with Crippen molar-refractivity contribution in [1.29, 1.82) is 0 Å². The number of aromatic nitrogens is 4. The third-order valence-electron chi connectivity index (χ3n) is 4.07. The molecule has 1 unspecified atom stereocenters. The molecule has 0 aromatic carbocycles. The summed E-state index contributed by atoms with van der Waals surface area (Å²) in [6, 6.07) is 0. The second-order valence-corrected chi connectivity index (χ2v) is 8.02. The van der Waals surface area contributed by atoms with Crippen LogP contribution in [0, 0.1) is 5.92 Å². The molecule has 1 amide bonds. The number of nitrogens with one attached hydrogen (secondary N) is 1. The summed E-state index contributed by atoms with van der Waals surface area (Å²) in [7, 11) is 3.07. The number of thioether (sulfide) groups is 1. The van der Waals surface area contributed by atoms with Crippen LogP contribution in [-0.4, -0.2) is 44.9 Å². The third kappa shape index (κ3) is 3.84. The maximum atomic E-state index is 12.3. The average molecular weight is 381 g/mol. The van der Waals surface area contributed by atoms with Crippen LogP contribution in [0.2, 0.25) is 0 Å². The van der Waals surface area contributed by atoms with E-state index in [1.54, 1.807) is 7.05 Å². The van der Waals surface area contributed by atoms with Gasteiger partial charge in [-0.25, -0.2) is 9.48 Å². The van der Waals surface area contributed by atoms with E-state index in [-0.39, 0.29) is 11.7 Å². The molecule has 10 heteroatoms. The highest BCUT2D eigenvalue weighted by Crippen LogP contribution is 2.40. The van der Waals surface area contributed by atoms with Crippen molar-refractivity contribution < 1.29 is 14.3 Å². The molecule has 1 aliphatic rings. The number of nitrogens with zero attached hydrogens (tertiary/aromatic N) is 4. The van der Waals surface area contributed by atoms with Gasteiger partial charge in [0, 0.05) is 11.9 Å². The fraction of sp³-hybridized carbons (Fsp3) is 0.533. The number of aryl methyl sites for hydroxylation is 1. The molecule has 25 heavy (non-hydrogen) atoms. The molecule has 1 atom stereocenters. The molecule has 134 valence electrons. The zero-order valence-corrected chi connectivity index (χ0v) is 15.9. The Labute approximate surface area is 153 Å². The predicted octanol–water partition coefficient (Wildman–Crippen LogP) is 1.91. The van der Waals surface area contributed by atoms with Crippen LogP contribution in [0.1, 0.15) is 34.1 Å². The van der Waals surface area contributed by atoms with E-state index in [4.69, 9.17) is 4.74 Å². The Morgan fingerprint density at radius 3 is 2.96 bits per heavy atom. The fourth-order valence-electron chi connectivity index (χ4n) is 2.79. The molecule has 2 aromatic rings. The van der Waals surface area contributed by atoms with Crippen molar-refractivity contribution in [2.45, 2.75) is 31.3 Å². The van der Waals surface area contributed by atoms with Gasteiger partial charge in [-0.15, -0.1) is 16.4 Å². The van der Waals surface area contributed by atoms with E-state index in [0.29, 0.717) is 21.6 Å². The van der Waals surface area contributed by atoms with Gasteiger partial charge in [0.05, 0.1) is 18.4 Å². The number of hydrogen-bond acceptors (Lipinski definition) is 8. The van der Waals surface area contributed by atoms with E-state index < -0.39 is 5.97 Å². The van der Waals surface area contributed by atoms with Gasteiger partial charge < -0.3 is 10.1 Å². The summed E-state index contributed by atoms with van der Waals surface area (Å²) in [6.07, 6.45) is 2.81. The molecule has 0 radical (unpaired) electrons. The molecule has 1 aliphatic carbocycles. The number of carbonyl (C=O) groups is 2. The molecule has 2 aromatic heterocycles. The van der Waals surface area contributed by atoms with Gasteiger partial charge in [0.15, 0.2) is 0 Å². The lowest BCUT2D eigenvalue weighted by molar-refractivity contribution is -0.113. The van der Waals surface area contributed by atoms with Crippen molar-refractivity contribution in [1.82, 2.24) is 20.2 Å². The summed E-state index contributed by atoms with van der Waals surface area (Å²) in [6.45, 7) is 2.20. The van der Waals surface area contributed by atoms with Crippen LogP contribution in [0.5, 0.6) is 0 Å². The third-order valence-corrected chi connectivity index (χ3v) is 6.25. The fourth-order valence-corrected chi connectivity index (χ4v) is 4.86. The van der Waals surface area contributed by atoms with Crippen molar-refractivity contribution in [3.8, 4) is 0 Å². The van der Waals surface area contributed by atoms with Crippen molar-refractivity contribution in [3.05, 3.63) is 16.0 Å². The lowest BCUT2D eigenvalue weighted by Crippen LogP contribution is -2.17. The van der Waals surface area contributed by atoms with E-state index in [2.05, 4.69) is 27.8 Å². The molecule has 0 spiro atoms. The van der Waals surface area contributed by atoms with Crippen molar-refractivity contribution in [2.75, 3.05) is 18.2 Å². The Bertz CT molecular complexity index is 801. The monoisotopic (exact) mass is 381 g/mol. The molecule has 0 saturated heterocycles. The maximum absolute atomic E-state index is 12.3. The molecule has 0 fully saturated rings. The molecule has 8 nitrogen and oxygen atoms in total. The minimum atomic E-state index is -0.396. The molecule has 0 bridgehead atoms. The first kappa shape index (κ1) is 17.9. The number of ether oxygens (including phenoxy) is 1. The maximum Gasteiger partial charge on any atom is 0.341 e. The van der Waals surface area contributed by atoms with E-state index in [1.807, 2.05) is 0 Å². The molecule has 2 heterocycles. The summed E-state index contributed by atoms with van der Waals surface area (Å²) in [5.41, 5.74) is 1.53. The van der Waals surface area contributed by atoms with E-state index >= 15 is 0 Å². The van der Waals surface area contributed by atoms with Gasteiger partial charge in [0.1, 0.15) is 5.00 Å². The van der Waals surface area contributed by atoms with Gasteiger partial charge in [0.2, 0.25) is 11.1 Å². The molecule has 3 rings (SSSR count). The summed E-state index contributed by atoms with van der Waals surface area (Å²) in [5, 5.41) is 15.1. The number of tetrazole rings is 1. The van der Waals surface area contributed by atoms with Crippen LogP contribution in [0.15, 0.2) is 5.16 Å². The minimum absolute atomic E-state index is 0.161. The van der Waals surface area contributed by atoms with Crippen molar-refractivity contribution in [2.24, 2.45) is 13.0 Å². The van der Waals surface area contributed by atoms with Gasteiger partial charge in [-0.05, 0) is 41.2 Å². The lowest BCUT2D eigenvalue weighted by Gasteiger charge is -2.18. The normalized spacial score (nSPS) is 16.4. The van der Waals surface area contributed by atoms with Gasteiger partial charge in [-0.2, -0.15) is 0 Å². The smallest absolute Gasteiger partial charge is 0.341 e. The number of hydrogen-bond donors (Lipinski definition) is 1.